The first-order chi connectivity index (χ1) is 18.0. The summed E-state index contributed by atoms with van der Waals surface area (Å²) in [6, 6.07) is 6.09. The molecule has 6 rings (SSSR count). The number of aromatic carboxylic acids is 1. The molecule has 1 aromatic rings. The maximum Gasteiger partial charge on any atom is 0.335 e. The molecular weight excluding hydrogens is 460 g/mol. The number of fused-ring (bicyclic) bond motifs is 5. The van der Waals surface area contributed by atoms with Crippen LogP contribution in [0.5, 0.6) is 0 Å². The number of carboxylic acid groups (broad SMARTS) is 1. The number of rotatable bonds is 5. The van der Waals surface area contributed by atoms with Gasteiger partial charge in [0.25, 0.3) is 0 Å². The molecule has 0 aromatic heterocycles. The molecule has 2 unspecified atom stereocenters. The Hall–Kier alpha value is -2.86. The van der Waals surface area contributed by atoms with Gasteiger partial charge in [0.2, 0.25) is 0 Å². The summed E-state index contributed by atoms with van der Waals surface area (Å²) >= 11 is 0. The standard InChI is InChI=1S/C31H40N4O2/c1-33(2)14-12-21-8-9-25-20-34-15-13-32-19-29(34)30(22-6-4-3-5-7-22)35-27-18-24(31(36)37)11-10-23(27)17-28(35)26(25)16-21/h10-11,13,15,18-19,21-22,28H,3-9,12,14,16-17,20H2,1-2H3,(H,36,37)/b30-29-. The minimum Gasteiger partial charge on any atom is -0.478 e. The highest BCUT2D eigenvalue weighted by molar-refractivity contribution is 5.90. The van der Waals surface area contributed by atoms with Crippen molar-refractivity contribution in [1.29, 1.82) is 0 Å². The number of carbonyl (C=O) groups is 1. The molecule has 0 saturated heterocycles. The van der Waals surface area contributed by atoms with Gasteiger partial charge in [0.1, 0.15) is 0 Å². The van der Waals surface area contributed by atoms with Gasteiger partial charge in [-0.15, -0.1) is 0 Å². The van der Waals surface area contributed by atoms with E-state index < -0.39 is 5.97 Å². The second-order valence-corrected chi connectivity index (χ2v) is 11.9. The van der Waals surface area contributed by atoms with E-state index in [2.05, 4.69) is 52.3 Å². The largest absolute Gasteiger partial charge is 0.478 e. The highest BCUT2D eigenvalue weighted by Gasteiger charge is 2.42. The number of nitrogens with zero attached hydrogens (tertiary/aromatic N) is 4. The Balaban J connectivity index is 1.49. The molecule has 0 bridgehead atoms. The van der Waals surface area contributed by atoms with Gasteiger partial charge in [-0.2, -0.15) is 0 Å². The average molecular weight is 501 g/mol. The Morgan fingerprint density at radius 1 is 1.14 bits per heavy atom. The minimum absolute atomic E-state index is 0.280. The lowest BCUT2D eigenvalue weighted by Gasteiger charge is -2.45. The summed E-state index contributed by atoms with van der Waals surface area (Å²) in [4.78, 5) is 23.9. The second kappa shape index (κ2) is 10.1. The van der Waals surface area contributed by atoms with Crippen molar-refractivity contribution in [3.63, 3.8) is 0 Å². The number of carboxylic acids is 1. The molecule has 1 N–H and O–H groups in total. The number of hydrogen-bond acceptors (Lipinski definition) is 5. The van der Waals surface area contributed by atoms with Gasteiger partial charge in [-0.1, -0.05) is 25.3 Å². The number of benzene rings is 1. The van der Waals surface area contributed by atoms with E-state index in [0.29, 0.717) is 17.4 Å². The van der Waals surface area contributed by atoms with Crippen molar-refractivity contribution < 1.29 is 9.90 Å². The van der Waals surface area contributed by atoms with Crippen LogP contribution >= 0.6 is 0 Å². The van der Waals surface area contributed by atoms with Gasteiger partial charge in [0, 0.05) is 36.2 Å². The van der Waals surface area contributed by atoms with Gasteiger partial charge in [-0.25, -0.2) is 4.79 Å². The molecule has 0 amide bonds. The molecular formula is C31H40N4O2. The first kappa shape index (κ1) is 24.5. The van der Waals surface area contributed by atoms with Gasteiger partial charge in [0.15, 0.2) is 0 Å². The quantitative estimate of drug-likeness (QED) is 0.516. The van der Waals surface area contributed by atoms with E-state index in [1.165, 1.54) is 61.9 Å². The van der Waals surface area contributed by atoms with Crippen LogP contribution in [0.15, 0.2) is 58.1 Å². The van der Waals surface area contributed by atoms with Crippen LogP contribution in [-0.4, -0.2) is 60.3 Å². The molecule has 2 atom stereocenters. The zero-order chi connectivity index (χ0) is 25.5. The SMILES string of the molecule is CN(C)CCC1CCC2=C(C1)C1Cc3ccc(C(=O)O)cc3N1/C(C1CCCCC1)=C1/C=NC=CN1C2. The van der Waals surface area contributed by atoms with Crippen LogP contribution in [0, 0.1) is 11.8 Å². The monoisotopic (exact) mass is 500 g/mol. The van der Waals surface area contributed by atoms with Gasteiger partial charge in [-0.05, 0) is 100 Å². The second-order valence-electron chi connectivity index (χ2n) is 11.9. The van der Waals surface area contributed by atoms with E-state index in [9.17, 15) is 9.90 Å². The third-order valence-corrected chi connectivity index (χ3v) is 9.23. The predicted octanol–water partition coefficient (Wildman–Crippen LogP) is 5.83. The average Bonchev–Trinajstić information content (AvgIpc) is 3.27. The summed E-state index contributed by atoms with van der Waals surface area (Å²) in [5.74, 6) is 0.331. The molecule has 5 aliphatic rings. The van der Waals surface area contributed by atoms with E-state index in [1.54, 1.807) is 17.2 Å². The van der Waals surface area contributed by atoms with Crippen molar-refractivity contribution in [3.8, 4) is 0 Å². The van der Waals surface area contributed by atoms with Crippen LogP contribution in [0.25, 0.3) is 0 Å². The van der Waals surface area contributed by atoms with Gasteiger partial charge >= 0.3 is 5.97 Å². The molecule has 1 saturated carbocycles. The fourth-order valence-electron chi connectivity index (χ4n) is 7.32. The number of hydrogen-bond donors (Lipinski definition) is 1. The van der Waals surface area contributed by atoms with Gasteiger partial charge < -0.3 is 19.8 Å². The normalized spacial score (nSPS) is 27.5. The van der Waals surface area contributed by atoms with Gasteiger partial charge in [-0.3, -0.25) is 4.99 Å². The fourth-order valence-corrected chi connectivity index (χ4v) is 7.32. The molecule has 0 radical (unpaired) electrons. The summed E-state index contributed by atoms with van der Waals surface area (Å²) in [6.07, 6.45) is 18.1. The minimum atomic E-state index is -0.852. The van der Waals surface area contributed by atoms with Crippen LogP contribution < -0.4 is 4.90 Å². The summed E-state index contributed by atoms with van der Waals surface area (Å²) in [5, 5.41) is 9.86. The molecule has 3 heterocycles. The number of aliphatic imine (C=N–C) groups is 1. The summed E-state index contributed by atoms with van der Waals surface area (Å²) in [5.41, 5.74) is 8.56. The molecule has 196 valence electrons. The molecule has 6 nitrogen and oxygen atoms in total. The molecule has 0 spiro atoms. The molecule has 6 heteroatoms. The molecule has 1 aromatic carbocycles. The summed E-state index contributed by atoms with van der Waals surface area (Å²) in [7, 11) is 4.34. The maximum absolute atomic E-state index is 12.0. The highest BCUT2D eigenvalue weighted by atomic mass is 16.4. The van der Waals surface area contributed by atoms with Crippen molar-refractivity contribution in [1.82, 2.24) is 9.80 Å². The maximum atomic E-state index is 12.0. The third kappa shape index (κ3) is 4.65. The Labute approximate surface area is 221 Å². The molecule has 3 aliphatic heterocycles. The van der Waals surface area contributed by atoms with Crippen molar-refractivity contribution in [3.05, 3.63) is 64.3 Å². The molecule has 1 fully saturated rings. The molecule has 37 heavy (non-hydrogen) atoms. The Kier molecular flexibility index (Phi) is 6.70. The third-order valence-electron chi connectivity index (χ3n) is 9.23. The highest BCUT2D eigenvalue weighted by Crippen LogP contribution is 2.49. The van der Waals surface area contributed by atoms with Crippen LogP contribution in [0.4, 0.5) is 5.69 Å². The smallest absolute Gasteiger partial charge is 0.335 e. The number of allylic oxidation sites excluding steroid dienone is 2. The first-order valence-electron chi connectivity index (χ1n) is 14.2. The van der Waals surface area contributed by atoms with Crippen LogP contribution in [-0.2, 0) is 6.42 Å². The number of anilines is 1. The summed E-state index contributed by atoms with van der Waals surface area (Å²) < 4.78 is 0. The Morgan fingerprint density at radius 3 is 2.76 bits per heavy atom. The van der Waals surface area contributed by atoms with Crippen LogP contribution in [0.2, 0.25) is 0 Å². The van der Waals surface area contributed by atoms with E-state index in [-0.39, 0.29) is 6.04 Å². The first-order valence-corrected chi connectivity index (χ1v) is 14.2. The lowest BCUT2D eigenvalue weighted by Crippen LogP contribution is -2.44. The molecule has 2 aliphatic carbocycles. The van der Waals surface area contributed by atoms with Crippen LogP contribution in [0.1, 0.15) is 73.7 Å². The predicted molar refractivity (Wildman–Crippen MR) is 149 cm³/mol. The van der Waals surface area contributed by atoms with Gasteiger partial charge in [0.05, 0.1) is 23.5 Å². The Bertz CT molecular complexity index is 1190. The van der Waals surface area contributed by atoms with Crippen molar-refractivity contribution >= 4 is 17.9 Å². The van der Waals surface area contributed by atoms with Crippen molar-refractivity contribution in [2.24, 2.45) is 16.8 Å². The van der Waals surface area contributed by atoms with E-state index in [0.717, 1.165) is 38.0 Å². The van der Waals surface area contributed by atoms with E-state index in [4.69, 9.17) is 0 Å². The van der Waals surface area contributed by atoms with E-state index in [1.807, 2.05) is 12.3 Å². The lowest BCUT2D eigenvalue weighted by atomic mass is 9.77. The zero-order valence-corrected chi connectivity index (χ0v) is 22.3. The zero-order valence-electron chi connectivity index (χ0n) is 22.3. The summed E-state index contributed by atoms with van der Waals surface area (Å²) in [6.45, 7) is 2.08. The van der Waals surface area contributed by atoms with E-state index >= 15 is 0 Å². The van der Waals surface area contributed by atoms with Crippen molar-refractivity contribution in [2.75, 3.05) is 32.1 Å². The van der Waals surface area contributed by atoms with Crippen molar-refractivity contribution in [2.45, 2.75) is 70.3 Å². The fraction of sp³-hybridized carbons (Fsp3) is 0.548. The lowest BCUT2D eigenvalue weighted by molar-refractivity contribution is 0.0697. The van der Waals surface area contributed by atoms with Crippen LogP contribution in [0.3, 0.4) is 0 Å². The topological polar surface area (TPSA) is 59.4 Å². The Morgan fingerprint density at radius 2 is 1.97 bits per heavy atom.